The van der Waals surface area contributed by atoms with Crippen molar-refractivity contribution in [2.24, 2.45) is 0 Å². The highest BCUT2D eigenvalue weighted by atomic mass is 35.5. The van der Waals surface area contributed by atoms with Crippen LogP contribution < -0.4 is 0 Å². The summed E-state index contributed by atoms with van der Waals surface area (Å²) in [7, 11) is 0. The summed E-state index contributed by atoms with van der Waals surface area (Å²) in [4.78, 5) is 10.8. The minimum atomic E-state index is -1.02. The Labute approximate surface area is 79.6 Å². The molecule has 1 aromatic heterocycles. The fourth-order valence-corrected chi connectivity index (χ4v) is 1.84. The molecule has 0 aliphatic heterocycles. The Hall–Kier alpha value is -1.16. The summed E-state index contributed by atoms with van der Waals surface area (Å²) in [6.45, 7) is 0. The maximum atomic E-state index is 10.8. The van der Waals surface area contributed by atoms with Gasteiger partial charge in [-0.2, -0.15) is 5.10 Å². The van der Waals surface area contributed by atoms with Crippen molar-refractivity contribution < 1.29 is 9.90 Å². The highest BCUT2D eigenvalue weighted by Gasteiger charge is 2.23. The van der Waals surface area contributed by atoms with E-state index in [4.69, 9.17) is 16.7 Å². The van der Waals surface area contributed by atoms with Crippen LogP contribution in [0, 0.1) is 0 Å². The molecule has 1 aliphatic carbocycles. The second kappa shape index (κ2) is 2.96. The molecule has 4 nitrogen and oxygen atoms in total. The van der Waals surface area contributed by atoms with Gasteiger partial charge in [-0.3, -0.25) is 0 Å². The van der Waals surface area contributed by atoms with Crippen molar-refractivity contribution in [2.45, 2.75) is 19.3 Å². The lowest BCUT2D eigenvalue weighted by atomic mass is 10.1. The number of hydrogen-bond donors (Lipinski definition) is 1. The summed E-state index contributed by atoms with van der Waals surface area (Å²) in [5.74, 6) is -1.02. The lowest BCUT2D eigenvalue weighted by Crippen LogP contribution is -2.06. The molecular formula is C8H7ClN2O2. The topological polar surface area (TPSA) is 63.1 Å². The molecule has 0 spiro atoms. The van der Waals surface area contributed by atoms with Crippen molar-refractivity contribution in [3.8, 4) is 0 Å². The summed E-state index contributed by atoms with van der Waals surface area (Å²) < 4.78 is 0. The molecule has 0 aromatic carbocycles. The molecule has 1 heterocycles. The van der Waals surface area contributed by atoms with E-state index in [9.17, 15) is 4.79 Å². The van der Waals surface area contributed by atoms with Crippen LogP contribution in [0.2, 0.25) is 5.15 Å². The summed E-state index contributed by atoms with van der Waals surface area (Å²) in [5.41, 5.74) is 1.67. The van der Waals surface area contributed by atoms with Crippen LogP contribution in [0.1, 0.15) is 28.0 Å². The number of hydrogen-bond acceptors (Lipinski definition) is 3. The molecule has 0 radical (unpaired) electrons. The van der Waals surface area contributed by atoms with Crippen molar-refractivity contribution in [3.05, 3.63) is 22.0 Å². The monoisotopic (exact) mass is 198 g/mol. The van der Waals surface area contributed by atoms with Gasteiger partial charge in [-0.1, -0.05) is 11.6 Å². The molecule has 0 unspecified atom stereocenters. The van der Waals surface area contributed by atoms with E-state index in [1.807, 2.05) is 0 Å². The van der Waals surface area contributed by atoms with Gasteiger partial charge in [0.2, 0.25) is 0 Å². The lowest BCUT2D eigenvalue weighted by molar-refractivity contribution is 0.0695. The Bertz CT molecular complexity index is 379. The largest absolute Gasteiger partial charge is 0.478 e. The minimum Gasteiger partial charge on any atom is -0.478 e. The first-order valence-electron chi connectivity index (χ1n) is 3.97. The zero-order valence-electron chi connectivity index (χ0n) is 6.75. The summed E-state index contributed by atoms with van der Waals surface area (Å²) in [6.07, 6.45) is 2.48. The molecule has 0 amide bonds. The molecule has 0 saturated heterocycles. The Morgan fingerprint density at radius 3 is 2.85 bits per heavy atom. The van der Waals surface area contributed by atoms with Crippen LogP contribution in [-0.4, -0.2) is 21.3 Å². The SMILES string of the molecule is O=C(O)c1c(Cl)nnc2c1CCC2. The van der Waals surface area contributed by atoms with Gasteiger partial charge in [0.05, 0.1) is 5.69 Å². The van der Waals surface area contributed by atoms with Gasteiger partial charge in [0.25, 0.3) is 0 Å². The second-order valence-corrected chi connectivity index (χ2v) is 3.31. The molecule has 1 aromatic rings. The molecule has 5 heteroatoms. The van der Waals surface area contributed by atoms with Crippen molar-refractivity contribution >= 4 is 17.6 Å². The Kier molecular flexibility index (Phi) is 1.92. The fourth-order valence-electron chi connectivity index (χ4n) is 1.60. The number of halogens is 1. The molecule has 0 bridgehead atoms. The number of aromatic nitrogens is 2. The second-order valence-electron chi connectivity index (χ2n) is 2.95. The minimum absolute atomic E-state index is 0.00634. The predicted octanol–water partition coefficient (Wildman–Crippen LogP) is 1.32. The molecule has 13 heavy (non-hydrogen) atoms. The molecule has 0 saturated carbocycles. The quantitative estimate of drug-likeness (QED) is 0.739. The van der Waals surface area contributed by atoms with Gasteiger partial charge in [0, 0.05) is 0 Å². The number of aromatic carboxylic acids is 1. The fraction of sp³-hybridized carbons (Fsp3) is 0.375. The summed E-state index contributed by atoms with van der Waals surface area (Å²) in [6, 6.07) is 0. The number of carbonyl (C=O) groups is 1. The van der Waals surface area contributed by atoms with Gasteiger partial charge in [-0.25, -0.2) is 4.79 Å². The summed E-state index contributed by atoms with van der Waals surface area (Å²) >= 11 is 5.65. The first kappa shape index (κ1) is 8.44. The Balaban J connectivity index is 2.65. The van der Waals surface area contributed by atoms with Gasteiger partial charge in [-0.05, 0) is 24.8 Å². The van der Waals surface area contributed by atoms with E-state index >= 15 is 0 Å². The molecule has 0 fully saturated rings. The van der Waals surface area contributed by atoms with Crippen LogP contribution in [0.4, 0.5) is 0 Å². The van der Waals surface area contributed by atoms with E-state index < -0.39 is 5.97 Å². The lowest BCUT2D eigenvalue weighted by Gasteiger charge is -2.03. The van der Waals surface area contributed by atoms with E-state index in [-0.39, 0.29) is 10.7 Å². The average Bonchev–Trinajstić information content (AvgIpc) is 2.50. The third kappa shape index (κ3) is 1.27. The number of aryl methyl sites for hydroxylation is 1. The van der Waals surface area contributed by atoms with Crippen LogP contribution in [0.5, 0.6) is 0 Å². The van der Waals surface area contributed by atoms with Gasteiger partial charge in [-0.15, -0.1) is 5.10 Å². The van der Waals surface area contributed by atoms with Gasteiger partial charge in [0.1, 0.15) is 5.56 Å². The molecular weight excluding hydrogens is 192 g/mol. The van der Waals surface area contributed by atoms with Crippen molar-refractivity contribution in [2.75, 3.05) is 0 Å². The van der Waals surface area contributed by atoms with Crippen LogP contribution in [0.15, 0.2) is 0 Å². The zero-order valence-corrected chi connectivity index (χ0v) is 7.51. The van der Waals surface area contributed by atoms with Crippen molar-refractivity contribution in [1.29, 1.82) is 0 Å². The van der Waals surface area contributed by atoms with Crippen molar-refractivity contribution in [1.82, 2.24) is 10.2 Å². The maximum absolute atomic E-state index is 10.8. The standard InChI is InChI=1S/C8H7ClN2O2/c9-7-6(8(12)13)4-2-1-3-5(4)10-11-7/h1-3H2,(H,12,13). The van der Waals surface area contributed by atoms with E-state index in [1.165, 1.54) is 0 Å². The molecule has 2 rings (SSSR count). The molecule has 68 valence electrons. The van der Waals surface area contributed by atoms with E-state index in [0.29, 0.717) is 0 Å². The van der Waals surface area contributed by atoms with Gasteiger partial charge < -0.3 is 5.11 Å². The number of carboxylic acids is 1. The van der Waals surface area contributed by atoms with E-state index in [1.54, 1.807) is 0 Å². The normalized spacial score (nSPS) is 14.2. The van der Waals surface area contributed by atoms with Crippen LogP contribution in [0.3, 0.4) is 0 Å². The maximum Gasteiger partial charge on any atom is 0.339 e. The molecule has 1 aliphatic rings. The highest BCUT2D eigenvalue weighted by molar-refractivity contribution is 6.32. The third-order valence-electron chi connectivity index (χ3n) is 2.17. The number of nitrogens with zero attached hydrogens (tertiary/aromatic N) is 2. The summed E-state index contributed by atoms with van der Waals surface area (Å²) in [5, 5.41) is 16.3. The predicted molar refractivity (Wildman–Crippen MR) is 46.0 cm³/mol. The van der Waals surface area contributed by atoms with Crippen LogP contribution in [0.25, 0.3) is 0 Å². The van der Waals surface area contributed by atoms with Gasteiger partial charge in [0.15, 0.2) is 5.15 Å². The van der Waals surface area contributed by atoms with Gasteiger partial charge >= 0.3 is 5.97 Å². The zero-order chi connectivity index (χ0) is 9.42. The van der Waals surface area contributed by atoms with Crippen LogP contribution in [-0.2, 0) is 12.8 Å². The first-order valence-corrected chi connectivity index (χ1v) is 4.35. The highest BCUT2D eigenvalue weighted by Crippen LogP contribution is 2.26. The molecule has 0 atom stereocenters. The van der Waals surface area contributed by atoms with E-state index in [0.717, 1.165) is 30.5 Å². The Morgan fingerprint density at radius 2 is 2.15 bits per heavy atom. The van der Waals surface area contributed by atoms with E-state index in [2.05, 4.69) is 10.2 Å². The number of fused-ring (bicyclic) bond motifs is 1. The first-order chi connectivity index (χ1) is 6.20. The third-order valence-corrected chi connectivity index (χ3v) is 2.43. The average molecular weight is 199 g/mol. The smallest absolute Gasteiger partial charge is 0.339 e. The number of rotatable bonds is 1. The Morgan fingerprint density at radius 1 is 1.38 bits per heavy atom. The van der Waals surface area contributed by atoms with Crippen molar-refractivity contribution in [3.63, 3.8) is 0 Å². The van der Waals surface area contributed by atoms with Crippen LogP contribution >= 0.6 is 11.6 Å². The molecule has 1 N–H and O–H groups in total. The number of carboxylic acid groups (broad SMARTS) is 1.